The van der Waals surface area contributed by atoms with Gasteiger partial charge in [-0.3, -0.25) is 4.79 Å². The molecule has 3 atom stereocenters. The molecule has 2 nitrogen and oxygen atoms in total. The highest BCUT2D eigenvalue weighted by Crippen LogP contribution is 2.24. The third-order valence-electron chi connectivity index (χ3n) is 3.05. The molecule has 1 saturated heterocycles. The molecule has 0 aliphatic carbocycles. The van der Waals surface area contributed by atoms with E-state index in [-0.39, 0.29) is 10.7 Å². The van der Waals surface area contributed by atoms with Crippen molar-refractivity contribution in [1.82, 2.24) is 4.90 Å². The number of piperidine rings is 1. The Hall–Kier alpha value is -0.0500. The zero-order valence-electron chi connectivity index (χ0n) is 9.29. The number of carbonyl (C=O) groups excluding carboxylic acids is 1. The maximum absolute atomic E-state index is 11.9. The topological polar surface area (TPSA) is 20.3 Å². The fourth-order valence-corrected chi connectivity index (χ4v) is 2.35. The van der Waals surface area contributed by atoms with Crippen molar-refractivity contribution in [3.8, 4) is 0 Å². The molecule has 1 aliphatic heterocycles. The molecule has 0 radical (unpaired) electrons. The van der Waals surface area contributed by atoms with Crippen LogP contribution in [-0.4, -0.2) is 28.2 Å². The van der Waals surface area contributed by atoms with Gasteiger partial charge in [0.25, 0.3) is 0 Å². The van der Waals surface area contributed by atoms with E-state index in [1.807, 2.05) is 11.8 Å². The molecule has 0 aromatic heterocycles. The summed E-state index contributed by atoms with van der Waals surface area (Å²) in [6, 6.07) is 0.415. The number of amides is 1. The molecule has 1 fully saturated rings. The fraction of sp³-hybridized carbons (Fsp3) is 0.909. The highest BCUT2D eigenvalue weighted by atomic mass is 79.9. The van der Waals surface area contributed by atoms with E-state index >= 15 is 0 Å². The highest BCUT2D eigenvalue weighted by molar-refractivity contribution is 9.10. The van der Waals surface area contributed by atoms with E-state index in [2.05, 4.69) is 29.8 Å². The van der Waals surface area contributed by atoms with E-state index in [4.69, 9.17) is 0 Å². The van der Waals surface area contributed by atoms with Gasteiger partial charge in [-0.25, -0.2) is 0 Å². The van der Waals surface area contributed by atoms with Gasteiger partial charge < -0.3 is 4.90 Å². The summed E-state index contributed by atoms with van der Waals surface area (Å²) in [5, 5.41) is 0. The lowest BCUT2D eigenvalue weighted by molar-refractivity contribution is -0.134. The molecule has 3 unspecified atom stereocenters. The Labute approximate surface area is 95.2 Å². The molecule has 1 amide bonds. The van der Waals surface area contributed by atoms with E-state index < -0.39 is 0 Å². The Balaban J connectivity index is 2.55. The van der Waals surface area contributed by atoms with Gasteiger partial charge >= 0.3 is 0 Å². The van der Waals surface area contributed by atoms with Crippen LogP contribution in [0.2, 0.25) is 0 Å². The molecule has 3 heteroatoms. The molecule has 1 aliphatic rings. The maximum atomic E-state index is 11.9. The molecule has 82 valence electrons. The van der Waals surface area contributed by atoms with Crippen LogP contribution >= 0.6 is 15.9 Å². The van der Waals surface area contributed by atoms with Crippen LogP contribution in [0.15, 0.2) is 0 Å². The van der Waals surface area contributed by atoms with Gasteiger partial charge in [-0.05, 0) is 32.1 Å². The van der Waals surface area contributed by atoms with E-state index in [0.29, 0.717) is 6.04 Å². The van der Waals surface area contributed by atoms with E-state index in [1.165, 1.54) is 0 Å². The summed E-state index contributed by atoms with van der Waals surface area (Å²) in [5.74, 6) is 1.04. The van der Waals surface area contributed by atoms with Crippen molar-refractivity contribution in [2.45, 2.75) is 50.9 Å². The molecule has 1 heterocycles. The zero-order valence-corrected chi connectivity index (χ0v) is 10.9. The van der Waals surface area contributed by atoms with E-state index in [0.717, 1.165) is 31.7 Å². The molecule has 14 heavy (non-hydrogen) atoms. The van der Waals surface area contributed by atoms with Crippen molar-refractivity contribution < 1.29 is 4.79 Å². The SMILES string of the molecule is CCC(Br)C(=O)N1CCC(C)CC1C. The van der Waals surface area contributed by atoms with E-state index in [9.17, 15) is 4.79 Å². The minimum absolute atomic E-state index is 0.0124. The van der Waals surface area contributed by atoms with Crippen molar-refractivity contribution in [2.24, 2.45) is 5.92 Å². The first kappa shape index (κ1) is 12.0. The van der Waals surface area contributed by atoms with Crippen LogP contribution < -0.4 is 0 Å². The summed E-state index contributed by atoms with van der Waals surface area (Å²) in [4.78, 5) is 14.0. The lowest BCUT2D eigenvalue weighted by atomic mass is 9.93. The van der Waals surface area contributed by atoms with Crippen molar-refractivity contribution in [3.05, 3.63) is 0 Å². The third kappa shape index (κ3) is 2.72. The molecule has 0 N–H and O–H groups in total. The summed E-state index contributed by atoms with van der Waals surface area (Å²) in [6.07, 6.45) is 3.17. The second-order valence-electron chi connectivity index (χ2n) is 4.39. The molecular formula is C11H20BrNO. The number of alkyl halides is 1. The van der Waals surface area contributed by atoms with Crippen LogP contribution in [-0.2, 0) is 4.79 Å². The summed E-state index contributed by atoms with van der Waals surface area (Å²) in [7, 11) is 0. The maximum Gasteiger partial charge on any atom is 0.236 e. The number of nitrogens with zero attached hydrogens (tertiary/aromatic N) is 1. The fourth-order valence-electron chi connectivity index (χ4n) is 2.09. The van der Waals surface area contributed by atoms with Gasteiger partial charge in [-0.2, -0.15) is 0 Å². The van der Waals surface area contributed by atoms with Gasteiger partial charge in [0.1, 0.15) is 0 Å². The van der Waals surface area contributed by atoms with Gasteiger partial charge in [-0.15, -0.1) is 0 Å². The first-order valence-electron chi connectivity index (χ1n) is 5.50. The molecular weight excluding hydrogens is 242 g/mol. The third-order valence-corrected chi connectivity index (χ3v) is 4.09. The number of rotatable bonds is 2. The number of likely N-dealkylation sites (tertiary alicyclic amines) is 1. The number of halogens is 1. The lowest BCUT2D eigenvalue weighted by Crippen LogP contribution is -2.47. The number of hydrogen-bond acceptors (Lipinski definition) is 1. The van der Waals surface area contributed by atoms with Gasteiger partial charge in [0.2, 0.25) is 5.91 Å². The number of carbonyl (C=O) groups is 1. The van der Waals surface area contributed by atoms with Crippen LogP contribution in [0.1, 0.15) is 40.0 Å². The summed E-state index contributed by atoms with van der Waals surface area (Å²) < 4.78 is 0. The predicted molar refractivity (Wildman–Crippen MR) is 62.6 cm³/mol. The van der Waals surface area contributed by atoms with Gasteiger partial charge in [0.15, 0.2) is 0 Å². The van der Waals surface area contributed by atoms with Crippen LogP contribution in [0.5, 0.6) is 0 Å². The van der Waals surface area contributed by atoms with Crippen LogP contribution in [0.4, 0.5) is 0 Å². The molecule has 0 aromatic carbocycles. The monoisotopic (exact) mass is 261 g/mol. The first-order valence-corrected chi connectivity index (χ1v) is 6.42. The van der Waals surface area contributed by atoms with Gasteiger partial charge in [0, 0.05) is 12.6 Å². The Bertz CT molecular complexity index is 207. The quantitative estimate of drug-likeness (QED) is 0.701. The highest BCUT2D eigenvalue weighted by Gasteiger charge is 2.29. The minimum Gasteiger partial charge on any atom is -0.339 e. The Kier molecular flexibility index (Phi) is 4.42. The zero-order chi connectivity index (χ0) is 10.7. The standard InChI is InChI=1S/C11H20BrNO/c1-4-10(12)11(14)13-6-5-8(2)7-9(13)3/h8-10H,4-7H2,1-3H3. The Morgan fingerprint density at radius 2 is 2.21 bits per heavy atom. The second kappa shape index (κ2) is 5.15. The van der Waals surface area contributed by atoms with Crippen LogP contribution in [0.25, 0.3) is 0 Å². The molecule has 1 rings (SSSR count). The van der Waals surface area contributed by atoms with Crippen molar-refractivity contribution in [3.63, 3.8) is 0 Å². The van der Waals surface area contributed by atoms with Crippen molar-refractivity contribution >= 4 is 21.8 Å². The summed E-state index contributed by atoms with van der Waals surface area (Å²) in [6.45, 7) is 7.39. The van der Waals surface area contributed by atoms with Gasteiger partial charge in [0.05, 0.1) is 4.83 Å². The average molecular weight is 262 g/mol. The Morgan fingerprint density at radius 3 is 2.71 bits per heavy atom. The van der Waals surface area contributed by atoms with E-state index in [1.54, 1.807) is 0 Å². The first-order chi connectivity index (χ1) is 6.56. The van der Waals surface area contributed by atoms with Crippen LogP contribution in [0, 0.1) is 5.92 Å². The average Bonchev–Trinajstić information content (AvgIpc) is 2.15. The lowest BCUT2D eigenvalue weighted by Gasteiger charge is -2.37. The van der Waals surface area contributed by atoms with Crippen molar-refractivity contribution in [1.29, 1.82) is 0 Å². The smallest absolute Gasteiger partial charge is 0.236 e. The summed E-state index contributed by atoms with van der Waals surface area (Å²) in [5.41, 5.74) is 0. The number of hydrogen-bond donors (Lipinski definition) is 0. The summed E-state index contributed by atoms with van der Waals surface area (Å²) >= 11 is 3.43. The molecule has 0 spiro atoms. The largest absolute Gasteiger partial charge is 0.339 e. The second-order valence-corrected chi connectivity index (χ2v) is 5.49. The Morgan fingerprint density at radius 1 is 1.57 bits per heavy atom. The molecule has 0 bridgehead atoms. The van der Waals surface area contributed by atoms with Gasteiger partial charge in [-0.1, -0.05) is 29.8 Å². The molecule has 0 aromatic rings. The van der Waals surface area contributed by atoms with Crippen molar-refractivity contribution in [2.75, 3.05) is 6.54 Å². The normalized spacial score (nSPS) is 30.1. The minimum atomic E-state index is 0.0124. The predicted octanol–water partition coefficient (Wildman–Crippen LogP) is 2.81. The molecule has 0 saturated carbocycles. The van der Waals surface area contributed by atoms with Crippen LogP contribution in [0.3, 0.4) is 0 Å².